The lowest BCUT2D eigenvalue weighted by Gasteiger charge is -2.18. The molecule has 0 saturated heterocycles. The van der Waals surface area contributed by atoms with E-state index in [0.29, 0.717) is 11.7 Å². The second-order valence-corrected chi connectivity index (χ2v) is 4.83. The molecule has 1 radical (unpaired) electrons. The van der Waals surface area contributed by atoms with Crippen molar-refractivity contribution in [2.24, 2.45) is 11.3 Å². The van der Waals surface area contributed by atoms with Gasteiger partial charge in [-0.3, -0.25) is 4.79 Å². The Morgan fingerprint density at radius 3 is 2.17 bits per heavy atom. The Morgan fingerprint density at radius 1 is 1.25 bits per heavy atom. The quantitative estimate of drug-likeness (QED) is 0.618. The average molecular weight is 167 g/mol. The normalized spacial score (nSPS) is 19.9. The summed E-state index contributed by atoms with van der Waals surface area (Å²) in [6, 6.07) is 0. The molecule has 0 aliphatic heterocycles. The maximum atomic E-state index is 11.6. The molecule has 1 rings (SSSR count). The number of hydrogen-bond donors (Lipinski definition) is 0. The number of hydrogen-bond acceptors (Lipinski definition) is 1. The van der Waals surface area contributed by atoms with Gasteiger partial charge in [-0.2, -0.15) is 0 Å². The van der Waals surface area contributed by atoms with E-state index in [1.54, 1.807) is 0 Å². The van der Waals surface area contributed by atoms with Crippen LogP contribution in [0.15, 0.2) is 0 Å². The fourth-order valence-electron chi connectivity index (χ4n) is 1.59. The van der Waals surface area contributed by atoms with Crippen LogP contribution in [0.25, 0.3) is 0 Å². The second-order valence-electron chi connectivity index (χ2n) is 4.83. The van der Waals surface area contributed by atoms with E-state index in [2.05, 4.69) is 0 Å². The van der Waals surface area contributed by atoms with Crippen LogP contribution in [0.5, 0.6) is 0 Å². The summed E-state index contributed by atoms with van der Waals surface area (Å²) in [4.78, 5) is 11.6. The van der Waals surface area contributed by atoms with E-state index < -0.39 is 0 Å². The van der Waals surface area contributed by atoms with Crippen molar-refractivity contribution in [3.8, 4) is 0 Å². The van der Waals surface area contributed by atoms with Crippen molar-refractivity contribution in [2.75, 3.05) is 0 Å². The first-order chi connectivity index (χ1) is 5.50. The van der Waals surface area contributed by atoms with E-state index in [-0.39, 0.29) is 5.41 Å². The fourth-order valence-corrected chi connectivity index (χ4v) is 1.59. The van der Waals surface area contributed by atoms with Gasteiger partial charge in [0.2, 0.25) is 0 Å². The Morgan fingerprint density at radius 2 is 1.75 bits per heavy atom. The molecule has 1 heteroatoms. The Bertz CT molecular complexity index is 158. The molecule has 0 spiro atoms. The van der Waals surface area contributed by atoms with Crippen LogP contribution < -0.4 is 0 Å². The third-order valence-electron chi connectivity index (χ3n) is 2.53. The maximum absolute atomic E-state index is 11.6. The lowest BCUT2D eigenvalue weighted by molar-refractivity contribution is -0.123. The third-order valence-corrected chi connectivity index (χ3v) is 2.53. The van der Waals surface area contributed by atoms with Crippen molar-refractivity contribution >= 4 is 5.78 Å². The van der Waals surface area contributed by atoms with Crippen LogP contribution in [0, 0.1) is 17.8 Å². The van der Waals surface area contributed by atoms with Gasteiger partial charge in [0.05, 0.1) is 0 Å². The Kier molecular flexibility index (Phi) is 2.92. The molecule has 0 atom stereocenters. The monoisotopic (exact) mass is 167 g/mol. The minimum atomic E-state index is -0.178. The second kappa shape index (κ2) is 3.59. The summed E-state index contributed by atoms with van der Waals surface area (Å²) in [7, 11) is 0. The summed E-state index contributed by atoms with van der Waals surface area (Å²) in [6.07, 6.45) is 7.01. The standard InChI is InChI=1S/C11H19O/c1-11(2,3)10(12)8-9-6-4-5-7-9/h8-9H,4-7H2,1-3H3. The molecule has 0 bridgehead atoms. The van der Waals surface area contributed by atoms with Crippen LogP contribution in [0.3, 0.4) is 0 Å². The highest BCUT2D eigenvalue weighted by atomic mass is 16.1. The summed E-state index contributed by atoms with van der Waals surface area (Å²) in [5.41, 5.74) is -0.178. The van der Waals surface area contributed by atoms with Crippen LogP contribution in [0.1, 0.15) is 46.5 Å². The van der Waals surface area contributed by atoms with Crippen molar-refractivity contribution < 1.29 is 4.79 Å². The molecule has 0 N–H and O–H groups in total. The molecule has 1 aliphatic rings. The maximum Gasteiger partial charge on any atom is 0.142 e. The molecule has 1 fully saturated rings. The highest BCUT2D eigenvalue weighted by Gasteiger charge is 2.26. The van der Waals surface area contributed by atoms with Gasteiger partial charge >= 0.3 is 0 Å². The van der Waals surface area contributed by atoms with Gasteiger partial charge in [0, 0.05) is 11.8 Å². The number of ketones is 1. The van der Waals surface area contributed by atoms with Gasteiger partial charge in [-0.05, 0) is 18.8 Å². The highest BCUT2D eigenvalue weighted by molar-refractivity contribution is 5.91. The van der Waals surface area contributed by atoms with Crippen LogP contribution in [-0.4, -0.2) is 5.78 Å². The summed E-state index contributed by atoms with van der Waals surface area (Å²) in [5.74, 6) is 0.895. The zero-order chi connectivity index (χ0) is 9.19. The predicted octanol–water partition coefficient (Wildman–Crippen LogP) is 3.00. The molecule has 0 amide bonds. The molecule has 69 valence electrons. The summed E-state index contributed by atoms with van der Waals surface area (Å²) in [5, 5.41) is 0. The largest absolute Gasteiger partial charge is 0.299 e. The van der Waals surface area contributed by atoms with E-state index in [0.717, 1.165) is 0 Å². The molecule has 1 saturated carbocycles. The van der Waals surface area contributed by atoms with Crippen molar-refractivity contribution in [3.05, 3.63) is 6.42 Å². The molecule has 0 aromatic heterocycles. The molecule has 0 heterocycles. The predicted molar refractivity (Wildman–Crippen MR) is 50.7 cm³/mol. The Hall–Kier alpha value is -0.330. The number of carbonyl (C=O) groups is 1. The number of carbonyl (C=O) groups excluding carboxylic acids is 1. The van der Waals surface area contributed by atoms with Crippen LogP contribution in [-0.2, 0) is 4.79 Å². The Labute approximate surface area is 75.5 Å². The highest BCUT2D eigenvalue weighted by Crippen LogP contribution is 2.30. The average Bonchev–Trinajstić information content (AvgIpc) is 2.37. The smallest absolute Gasteiger partial charge is 0.142 e. The minimum Gasteiger partial charge on any atom is -0.299 e. The zero-order valence-electron chi connectivity index (χ0n) is 8.39. The number of rotatable bonds is 2. The summed E-state index contributed by atoms with van der Waals surface area (Å²) in [6.45, 7) is 5.96. The minimum absolute atomic E-state index is 0.178. The van der Waals surface area contributed by atoms with E-state index in [4.69, 9.17) is 0 Å². The molecule has 1 nitrogen and oxygen atoms in total. The molecule has 0 aromatic carbocycles. The first-order valence-corrected chi connectivity index (χ1v) is 4.89. The molecule has 0 unspecified atom stereocenters. The van der Waals surface area contributed by atoms with Gasteiger partial charge in [0.15, 0.2) is 0 Å². The molecular formula is C11H19O. The Balaban J connectivity index is 2.35. The lowest BCUT2D eigenvalue weighted by Crippen LogP contribution is -2.22. The van der Waals surface area contributed by atoms with Gasteiger partial charge in [-0.1, -0.05) is 33.6 Å². The first kappa shape index (κ1) is 9.76. The van der Waals surface area contributed by atoms with Crippen molar-refractivity contribution in [3.63, 3.8) is 0 Å². The van der Waals surface area contributed by atoms with E-state index in [1.165, 1.54) is 25.7 Å². The van der Waals surface area contributed by atoms with Gasteiger partial charge in [0.1, 0.15) is 5.78 Å². The molecular weight excluding hydrogens is 148 g/mol. The van der Waals surface area contributed by atoms with E-state index >= 15 is 0 Å². The SMILES string of the molecule is CC(C)(C)C(=O)[CH]C1CCCC1. The molecule has 1 aliphatic carbocycles. The lowest BCUT2D eigenvalue weighted by atomic mass is 9.85. The third kappa shape index (κ3) is 2.62. The number of Topliss-reactive ketones (excluding diaryl/α,β-unsaturated/α-hetero) is 1. The molecule has 12 heavy (non-hydrogen) atoms. The van der Waals surface area contributed by atoms with Gasteiger partial charge < -0.3 is 0 Å². The van der Waals surface area contributed by atoms with E-state index in [1.807, 2.05) is 27.2 Å². The van der Waals surface area contributed by atoms with Crippen molar-refractivity contribution in [2.45, 2.75) is 46.5 Å². The topological polar surface area (TPSA) is 17.1 Å². The van der Waals surface area contributed by atoms with E-state index in [9.17, 15) is 4.79 Å². The fraction of sp³-hybridized carbons (Fsp3) is 0.818. The molecule has 0 aromatic rings. The summed E-state index contributed by atoms with van der Waals surface area (Å²) >= 11 is 0. The zero-order valence-corrected chi connectivity index (χ0v) is 8.39. The van der Waals surface area contributed by atoms with Crippen LogP contribution in [0.4, 0.5) is 0 Å². The van der Waals surface area contributed by atoms with Gasteiger partial charge in [-0.25, -0.2) is 0 Å². The van der Waals surface area contributed by atoms with Crippen LogP contribution in [0.2, 0.25) is 0 Å². The van der Waals surface area contributed by atoms with Gasteiger partial charge in [-0.15, -0.1) is 0 Å². The van der Waals surface area contributed by atoms with Crippen molar-refractivity contribution in [1.29, 1.82) is 0 Å². The first-order valence-electron chi connectivity index (χ1n) is 4.89. The summed E-state index contributed by atoms with van der Waals surface area (Å²) < 4.78 is 0. The van der Waals surface area contributed by atoms with Gasteiger partial charge in [0.25, 0.3) is 0 Å². The van der Waals surface area contributed by atoms with Crippen molar-refractivity contribution in [1.82, 2.24) is 0 Å². The van der Waals surface area contributed by atoms with Crippen LogP contribution >= 0.6 is 0 Å².